The van der Waals surface area contributed by atoms with Gasteiger partial charge in [-0.2, -0.15) is 0 Å². The molecule has 0 saturated carbocycles. The molecule has 3 aromatic rings. The molecule has 3 heteroatoms. The Labute approximate surface area is 112 Å². The second kappa shape index (κ2) is 5.24. The fraction of sp³-hybridized carbons (Fsp3) is 0.188. The molecule has 1 unspecified atom stereocenters. The summed E-state index contributed by atoms with van der Waals surface area (Å²) in [6.45, 7) is 0. The Kier molecular flexibility index (Phi) is 3.29. The first-order valence-electron chi connectivity index (χ1n) is 6.45. The molecule has 1 aromatic carbocycles. The number of furan rings is 1. The minimum absolute atomic E-state index is 0.0107. The molecule has 0 aliphatic carbocycles. The van der Waals surface area contributed by atoms with Gasteiger partial charge in [-0.25, -0.2) is 0 Å². The van der Waals surface area contributed by atoms with Gasteiger partial charge in [0.1, 0.15) is 5.76 Å². The predicted molar refractivity (Wildman–Crippen MR) is 75.7 cm³/mol. The number of nitrogens with zero attached hydrogens (tertiary/aromatic N) is 1. The molecule has 0 aliphatic heterocycles. The zero-order valence-corrected chi connectivity index (χ0v) is 10.6. The van der Waals surface area contributed by atoms with Crippen molar-refractivity contribution in [2.45, 2.75) is 18.9 Å². The number of pyridine rings is 1. The van der Waals surface area contributed by atoms with Crippen LogP contribution >= 0.6 is 0 Å². The maximum Gasteiger partial charge on any atom is 0.103 e. The van der Waals surface area contributed by atoms with Crippen molar-refractivity contribution in [2.24, 2.45) is 5.73 Å². The smallest absolute Gasteiger partial charge is 0.103 e. The van der Waals surface area contributed by atoms with Gasteiger partial charge < -0.3 is 10.2 Å². The second-order valence-electron chi connectivity index (χ2n) is 4.68. The van der Waals surface area contributed by atoms with Gasteiger partial charge in [0.25, 0.3) is 0 Å². The van der Waals surface area contributed by atoms with Crippen LogP contribution in [0.25, 0.3) is 10.9 Å². The highest BCUT2D eigenvalue weighted by Crippen LogP contribution is 2.21. The number of fused-ring (bicyclic) bond motifs is 1. The van der Waals surface area contributed by atoms with E-state index in [1.807, 2.05) is 18.2 Å². The minimum atomic E-state index is 0.0107. The Bertz CT molecular complexity index is 661. The number of rotatable bonds is 4. The van der Waals surface area contributed by atoms with E-state index in [0.29, 0.717) is 0 Å². The average Bonchev–Trinajstić information content (AvgIpc) is 2.97. The maximum atomic E-state index is 6.23. The molecule has 96 valence electrons. The lowest BCUT2D eigenvalue weighted by molar-refractivity contribution is 0.488. The third-order valence-electron chi connectivity index (χ3n) is 3.34. The van der Waals surface area contributed by atoms with Gasteiger partial charge in [-0.15, -0.1) is 0 Å². The van der Waals surface area contributed by atoms with E-state index in [2.05, 4.69) is 29.2 Å². The van der Waals surface area contributed by atoms with Gasteiger partial charge in [0, 0.05) is 24.0 Å². The van der Waals surface area contributed by atoms with Gasteiger partial charge in [-0.3, -0.25) is 4.98 Å². The van der Waals surface area contributed by atoms with Crippen molar-refractivity contribution in [3.05, 3.63) is 66.2 Å². The maximum absolute atomic E-state index is 6.23. The van der Waals surface area contributed by atoms with Gasteiger partial charge in [-0.1, -0.05) is 18.2 Å². The molecule has 3 rings (SSSR count). The molecular formula is C16H16N2O. The first-order valence-corrected chi connectivity index (χ1v) is 6.45. The lowest BCUT2D eigenvalue weighted by Gasteiger charge is -2.11. The Morgan fingerprint density at radius 2 is 2.11 bits per heavy atom. The molecule has 0 spiro atoms. The van der Waals surface area contributed by atoms with Crippen LogP contribution in [-0.2, 0) is 6.42 Å². The quantitative estimate of drug-likeness (QED) is 0.773. The number of aromatic nitrogens is 1. The Balaban J connectivity index is 1.75. The van der Waals surface area contributed by atoms with Crippen LogP contribution in [0.1, 0.15) is 23.8 Å². The average molecular weight is 252 g/mol. The van der Waals surface area contributed by atoms with Crippen LogP contribution < -0.4 is 5.73 Å². The summed E-state index contributed by atoms with van der Waals surface area (Å²) in [4.78, 5) is 4.36. The van der Waals surface area contributed by atoms with Crippen LogP contribution in [0.5, 0.6) is 0 Å². The van der Waals surface area contributed by atoms with E-state index >= 15 is 0 Å². The molecule has 0 fully saturated rings. The van der Waals surface area contributed by atoms with E-state index in [1.54, 1.807) is 12.5 Å². The fourth-order valence-corrected chi connectivity index (χ4v) is 2.23. The molecule has 0 amide bonds. The molecule has 0 radical (unpaired) electrons. The summed E-state index contributed by atoms with van der Waals surface area (Å²) >= 11 is 0. The third kappa shape index (κ3) is 2.66. The van der Waals surface area contributed by atoms with Gasteiger partial charge >= 0.3 is 0 Å². The van der Waals surface area contributed by atoms with E-state index in [4.69, 9.17) is 10.2 Å². The summed E-state index contributed by atoms with van der Waals surface area (Å²) in [5.74, 6) is 0.981. The number of nitrogens with two attached hydrogens (primary N) is 1. The standard InChI is InChI=1S/C16H16N2O/c17-15(8-7-14-4-2-10-19-14)13-6-5-12-3-1-9-18-16(12)11-13/h1-6,9-11,15H,7-8,17H2. The summed E-state index contributed by atoms with van der Waals surface area (Å²) in [5, 5.41) is 1.14. The summed E-state index contributed by atoms with van der Waals surface area (Å²) < 4.78 is 5.32. The second-order valence-corrected chi connectivity index (χ2v) is 4.68. The van der Waals surface area contributed by atoms with E-state index < -0.39 is 0 Å². The molecule has 19 heavy (non-hydrogen) atoms. The number of hydrogen-bond acceptors (Lipinski definition) is 3. The van der Waals surface area contributed by atoms with Crippen molar-refractivity contribution in [1.82, 2.24) is 4.98 Å². The van der Waals surface area contributed by atoms with Crippen molar-refractivity contribution < 1.29 is 4.42 Å². The lowest BCUT2D eigenvalue weighted by atomic mass is 10.0. The van der Waals surface area contributed by atoms with Crippen LogP contribution in [0, 0.1) is 0 Å². The molecule has 1 atom stereocenters. The van der Waals surface area contributed by atoms with Crippen molar-refractivity contribution >= 4 is 10.9 Å². The first-order chi connectivity index (χ1) is 9.33. The monoisotopic (exact) mass is 252 g/mol. The van der Waals surface area contributed by atoms with Gasteiger partial charge in [0.2, 0.25) is 0 Å². The number of aryl methyl sites for hydroxylation is 1. The van der Waals surface area contributed by atoms with Crippen LogP contribution in [0.15, 0.2) is 59.3 Å². The third-order valence-corrected chi connectivity index (χ3v) is 3.34. The molecular weight excluding hydrogens is 236 g/mol. The van der Waals surface area contributed by atoms with Crippen molar-refractivity contribution in [2.75, 3.05) is 0 Å². The summed E-state index contributed by atoms with van der Waals surface area (Å²) in [6.07, 6.45) is 5.22. The highest BCUT2D eigenvalue weighted by Gasteiger charge is 2.08. The SMILES string of the molecule is NC(CCc1ccco1)c1ccc2cccnc2c1. The molecule has 0 aliphatic rings. The van der Waals surface area contributed by atoms with Crippen molar-refractivity contribution in [3.8, 4) is 0 Å². The summed E-state index contributed by atoms with van der Waals surface area (Å²) in [5.41, 5.74) is 8.35. The molecule has 2 N–H and O–H groups in total. The largest absolute Gasteiger partial charge is 0.469 e. The van der Waals surface area contributed by atoms with Crippen LogP contribution in [-0.4, -0.2) is 4.98 Å². The van der Waals surface area contributed by atoms with Crippen LogP contribution in [0.2, 0.25) is 0 Å². The van der Waals surface area contributed by atoms with Crippen molar-refractivity contribution in [1.29, 1.82) is 0 Å². The number of benzene rings is 1. The molecule has 0 bridgehead atoms. The number of hydrogen-bond donors (Lipinski definition) is 1. The summed E-state index contributed by atoms with van der Waals surface area (Å²) in [7, 11) is 0. The van der Waals surface area contributed by atoms with E-state index in [9.17, 15) is 0 Å². The Morgan fingerprint density at radius 1 is 1.16 bits per heavy atom. The van der Waals surface area contributed by atoms with Crippen LogP contribution in [0.4, 0.5) is 0 Å². The lowest BCUT2D eigenvalue weighted by Crippen LogP contribution is -2.11. The zero-order chi connectivity index (χ0) is 13.1. The highest BCUT2D eigenvalue weighted by atomic mass is 16.3. The molecule has 0 saturated heterocycles. The first kappa shape index (κ1) is 11.9. The van der Waals surface area contributed by atoms with Gasteiger partial charge in [-0.05, 0) is 36.2 Å². The Morgan fingerprint density at radius 3 is 2.95 bits per heavy atom. The highest BCUT2D eigenvalue weighted by molar-refractivity contribution is 5.78. The zero-order valence-electron chi connectivity index (χ0n) is 10.6. The normalized spacial score (nSPS) is 12.7. The van der Waals surface area contributed by atoms with Gasteiger partial charge in [0.05, 0.1) is 11.8 Å². The van der Waals surface area contributed by atoms with Crippen molar-refractivity contribution in [3.63, 3.8) is 0 Å². The van der Waals surface area contributed by atoms with E-state index in [1.165, 1.54) is 0 Å². The molecule has 3 nitrogen and oxygen atoms in total. The van der Waals surface area contributed by atoms with E-state index in [-0.39, 0.29) is 6.04 Å². The summed E-state index contributed by atoms with van der Waals surface area (Å²) in [6, 6.07) is 14.1. The molecule has 2 heterocycles. The Hall–Kier alpha value is -2.13. The van der Waals surface area contributed by atoms with E-state index in [0.717, 1.165) is 35.1 Å². The minimum Gasteiger partial charge on any atom is -0.469 e. The fourth-order valence-electron chi connectivity index (χ4n) is 2.23. The topological polar surface area (TPSA) is 52.0 Å². The van der Waals surface area contributed by atoms with Gasteiger partial charge in [0.15, 0.2) is 0 Å². The van der Waals surface area contributed by atoms with Crippen LogP contribution in [0.3, 0.4) is 0 Å². The molecule has 2 aromatic heterocycles. The predicted octanol–water partition coefficient (Wildman–Crippen LogP) is 3.46.